The molecule has 0 fully saturated rings. The lowest BCUT2D eigenvalue weighted by Crippen LogP contribution is -2.32. The van der Waals surface area contributed by atoms with Gasteiger partial charge in [0, 0.05) is 12.2 Å². The van der Waals surface area contributed by atoms with E-state index in [1.807, 2.05) is 18.2 Å². The topological polar surface area (TPSA) is 80.0 Å². The molecule has 6 heteroatoms. The summed E-state index contributed by atoms with van der Waals surface area (Å²) in [6.07, 6.45) is 0. The van der Waals surface area contributed by atoms with Crippen molar-refractivity contribution in [2.24, 2.45) is 5.92 Å². The van der Waals surface area contributed by atoms with Crippen LogP contribution >= 0.6 is 11.3 Å². The molecular weight excluding hydrogens is 260 g/mol. The Labute approximate surface area is 116 Å². The Balaban J connectivity index is 1.92. The molecule has 102 valence electrons. The van der Waals surface area contributed by atoms with Gasteiger partial charge in [-0.3, -0.25) is 4.79 Å². The maximum Gasteiger partial charge on any atom is 0.239 e. The van der Waals surface area contributed by atoms with E-state index in [2.05, 4.69) is 29.5 Å². The van der Waals surface area contributed by atoms with E-state index in [1.165, 1.54) is 11.3 Å². The summed E-state index contributed by atoms with van der Waals surface area (Å²) in [5, 5.41) is 6.62. The second kappa shape index (κ2) is 5.88. The number of aromatic nitrogens is 1. The van der Waals surface area contributed by atoms with Crippen LogP contribution in [-0.2, 0) is 4.79 Å². The highest BCUT2D eigenvalue weighted by Crippen LogP contribution is 2.27. The van der Waals surface area contributed by atoms with Gasteiger partial charge in [-0.25, -0.2) is 4.98 Å². The molecular formula is C13H18N4OS. The Bertz CT molecular complexity index is 579. The van der Waals surface area contributed by atoms with Crippen molar-refractivity contribution in [3.05, 3.63) is 18.2 Å². The van der Waals surface area contributed by atoms with E-state index in [0.29, 0.717) is 12.5 Å². The standard InChI is InChI=1S/C13H18N4OS/c1-8(2)6-15-12(18)7-16-13-17-10-4-3-9(14)5-11(10)19-13/h3-5,8H,6-7,14H2,1-2H3,(H,15,18)(H,16,17). The number of anilines is 2. The summed E-state index contributed by atoms with van der Waals surface area (Å²) in [4.78, 5) is 16.0. The van der Waals surface area contributed by atoms with E-state index in [-0.39, 0.29) is 12.5 Å². The molecule has 0 saturated heterocycles. The van der Waals surface area contributed by atoms with Gasteiger partial charge in [0.1, 0.15) is 0 Å². The van der Waals surface area contributed by atoms with Crippen LogP contribution in [0.25, 0.3) is 10.2 Å². The number of thiazole rings is 1. The van der Waals surface area contributed by atoms with E-state index in [0.717, 1.165) is 21.0 Å². The minimum absolute atomic E-state index is 0.0209. The molecule has 4 N–H and O–H groups in total. The van der Waals surface area contributed by atoms with Crippen molar-refractivity contribution in [3.63, 3.8) is 0 Å². The van der Waals surface area contributed by atoms with Crippen molar-refractivity contribution in [1.82, 2.24) is 10.3 Å². The quantitative estimate of drug-likeness (QED) is 0.731. The maximum absolute atomic E-state index is 11.6. The van der Waals surface area contributed by atoms with Gasteiger partial charge < -0.3 is 16.4 Å². The summed E-state index contributed by atoms with van der Waals surface area (Å²) in [6, 6.07) is 5.59. The molecule has 2 aromatic rings. The van der Waals surface area contributed by atoms with Gasteiger partial charge in [-0.05, 0) is 24.1 Å². The highest BCUT2D eigenvalue weighted by molar-refractivity contribution is 7.22. The van der Waals surface area contributed by atoms with Gasteiger partial charge in [0.25, 0.3) is 0 Å². The molecule has 1 amide bonds. The third-order valence-corrected chi connectivity index (χ3v) is 3.50. The van der Waals surface area contributed by atoms with Crippen LogP contribution in [0.5, 0.6) is 0 Å². The van der Waals surface area contributed by atoms with Gasteiger partial charge in [0.15, 0.2) is 5.13 Å². The molecule has 0 bridgehead atoms. The molecule has 1 heterocycles. The molecule has 0 aliphatic heterocycles. The number of carbonyl (C=O) groups excluding carboxylic acids is 1. The summed E-state index contributed by atoms with van der Waals surface area (Å²) in [5.74, 6) is 0.432. The van der Waals surface area contributed by atoms with Crippen LogP contribution < -0.4 is 16.4 Å². The third kappa shape index (κ3) is 3.82. The first-order chi connectivity index (χ1) is 9.04. The number of nitrogens with one attached hydrogen (secondary N) is 2. The van der Waals surface area contributed by atoms with Crippen LogP contribution in [-0.4, -0.2) is 24.0 Å². The number of fused-ring (bicyclic) bond motifs is 1. The molecule has 5 nitrogen and oxygen atoms in total. The smallest absolute Gasteiger partial charge is 0.239 e. The number of nitrogen functional groups attached to an aromatic ring is 1. The third-order valence-electron chi connectivity index (χ3n) is 2.52. The molecule has 0 aliphatic rings. The van der Waals surface area contributed by atoms with E-state index in [1.54, 1.807) is 0 Å². The molecule has 1 aromatic heterocycles. The molecule has 2 rings (SSSR count). The fourth-order valence-electron chi connectivity index (χ4n) is 1.55. The Kier molecular flexibility index (Phi) is 4.21. The predicted octanol–water partition coefficient (Wildman–Crippen LogP) is 2.06. The summed E-state index contributed by atoms with van der Waals surface area (Å²) in [6.45, 7) is 5.05. The number of hydrogen-bond acceptors (Lipinski definition) is 5. The van der Waals surface area contributed by atoms with Crippen molar-refractivity contribution in [2.45, 2.75) is 13.8 Å². The zero-order valence-corrected chi connectivity index (χ0v) is 11.9. The van der Waals surface area contributed by atoms with Crippen LogP contribution in [0.3, 0.4) is 0 Å². The van der Waals surface area contributed by atoms with Crippen molar-refractivity contribution in [1.29, 1.82) is 0 Å². The lowest BCUT2D eigenvalue weighted by atomic mass is 10.2. The normalized spacial score (nSPS) is 10.9. The van der Waals surface area contributed by atoms with Gasteiger partial charge in [-0.2, -0.15) is 0 Å². The van der Waals surface area contributed by atoms with E-state index in [9.17, 15) is 4.79 Å². The lowest BCUT2D eigenvalue weighted by molar-refractivity contribution is -0.119. The van der Waals surface area contributed by atoms with E-state index >= 15 is 0 Å². The highest BCUT2D eigenvalue weighted by atomic mass is 32.1. The second-order valence-corrected chi connectivity index (χ2v) is 5.83. The van der Waals surface area contributed by atoms with Gasteiger partial charge in [0.2, 0.25) is 5.91 Å². The molecule has 19 heavy (non-hydrogen) atoms. The molecule has 0 atom stereocenters. The number of carbonyl (C=O) groups is 1. The van der Waals surface area contributed by atoms with Gasteiger partial charge in [-0.1, -0.05) is 25.2 Å². The largest absolute Gasteiger partial charge is 0.399 e. The number of amides is 1. The van der Waals surface area contributed by atoms with Crippen LogP contribution in [0, 0.1) is 5.92 Å². The molecule has 0 radical (unpaired) electrons. The highest BCUT2D eigenvalue weighted by Gasteiger charge is 2.06. The van der Waals surface area contributed by atoms with Crippen molar-refractivity contribution in [2.75, 3.05) is 24.1 Å². The van der Waals surface area contributed by atoms with Crippen LogP contribution in [0.1, 0.15) is 13.8 Å². The fourth-order valence-corrected chi connectivity index (χ4v) is 2.46. The van der Waals surface area contributed by atoms with Gasteiger partial charge in [0.05, 0.1) is 16.8 Å². The SMILES string of the molecule is CC(C)CNC(=O)CNc1nc2ccc(N)cc2s1. The molecule has 0 unspecified atom stereocenters. The molecule has 1 aromatic carbocycles. The summed E-state index contributed by atoms with van der Waals surface area (Å²) >= 11 is 1.50. The number of hydrogen-bond donors (Lipinski definition) is 3. The zero-order valence-electron chi connectivity index (χ0n) is 11.1. The minimum atomic E-state index is -0.0209. The second-order valence-electron chi connectivity index (χ2n) is 4.80. The minimum Gasteiger partial charge on any atom is -0.399 e. The molecule has 0 aliphatic carbocycles. The average Bonchev–Trinajstić information content (AvgIpc) is 2.75. The van der Waals surface area contributed by atoms with Crippen LogP contribution in [0.4, 0.5) is 10.8 Å². The Morgan fingerprint density at radius 3 is 3.00 bits per heavy atom. The predicted molar refractivity (Wildman–Crippen MR) is 80.4 cm³/mol. The zero-order chi connectivity index (χ0) is 13.8. The fraction of sp³-hybridized carbons (Fsp3) is 0.385. The first-order valence-corrected chi connectivity index (χ1v) is 7.03. The molecule has 0 spiro atoms. The Hall–Kier alpha value is -1.82. The Morgan fingerprint density at radius 2 is 2.26 bits per heavy atom. The summed E-state index contributed by atoms with van der Waals surface area (Å²) in [7, 11) is 0. The van der Waals surface area contributed by atoms with Gasteiger partial charge >= 0.3 is 0 Å². The number of benzene rings is 1. The first kappa shape index (κ1) is 13.6. The van der Waals surface area contributed by atoms with Crippen LogP contribution in [0.2, 0.25) is 0 Å². The van der Waals surface area contributed by atoms with Crippen molar-refractivity contribution >= 4 is 38.3 Å². The van der Waals surface area contributed by atoms with E-state index < -0.39 is 0 Å². The first-order valence-electron chi connectivity index (χ1n) is 6.21. The van der Waals surface area contributed by atoms with Crippen molar-refractivity contribution < 1.29 is 4.79 Å². The maximum atomic E-state index is 11.6. The lowest BCUT2D eigenvalue weighted by Gasteiger charge is -2.07. The van der Waals surface area contributed by atoms with Crippen LogP contribution in [0.15, 0.2) is 18.2 Å². The number of nitrogens with zero attached hydrogens (tertiary/aromatic N) is 1. The van der Waals surface area contributed by atoms with Gasteiger partial charge in [-0.15, -0.1) is 0 Å². The monoisotopic (exact) mass is 278 g/mol. The number of nitrogens with two attached hydrogens (primary N) is 1. The van der Waals surface area contributed by atoms with E-state index in [4.69, 9.17) is 5.73 Å². The number of rotatable bonds is 5. The summed E-state index contributed by atoms with van der Waals surface area (Å²) < 4.78 is 1.02. The average molecular weight is 278 g/mol. The summed E-state index contributed by atoms with van der Waals surface area (Å²) in [5.41, 5.74) is 7.33. The van der Waals surface area contributed by atoms with Crippen molar-refractivity contribution in [3.8, 4) is 0 Å². The molecule has 0 saturated carbocycles. The Morgan fingerprint density at radius 1 is 1.47 bits per heavy atom.